The number of aliphatic carboxylic acids is 3. The van der Waals surface area contributed by atoms with Crippen LogP contribution in [0.4, 0.5) is 0 Å². The zero-order valence-electron chi connectivity index (χ0n) is 12.5. The van der Waals surface area contributed by atoms with Gasteiger partial charge in [0.05, 0.1) is 21.1 Å². The molecule has 0 fully saturated rings. The highest BCUT2D eigenvalue weighted by Gasteiger charge is 2.15. The fourth-order valence-electron chi connectivity index (χ4n) is 1.29. The van der Waals surface area contributed by atoms with Gasteiger partial charge < -0.3 is 35.4 Å². The van der Waals surface area contributed by atoms with Gasteiger partial charge in [0.15, 0.2) is 0 Å². The normalized spacial score (nSPS) is 13.6. The molecule has 0 bridgehead atoms. The Morgan fingerprint density at radius 1 is 1.19 bits per heavy atom. The van der Waals surface area contributed by atoms with Crippen molar-refractivity contribution >= 4 is 17.9 Å². The van der Waals surface area contributed by atoms with Crippen LogP contribution in [-0.4, -0.2) is 77.5 Å². The van der Waals surface area contributed by atoms with Crippen LogP contribution in [0.1, 0.15) is 19.3 Å². The summed E-state index contributed by atoms with van der Waals surface area (Å²) in [4.78, 5) is 29.9. The predicted molar refractivity (Wildman–Crippen MR) is 71.0 cm³/mol. The summed E-state index contributed by atoms with van der Waals surface area (Å²) in [7, 11) is 5.66. The molecule has 0 rings (SSSR count). The van der Waals surface area contributed by atoms with Crippen molar-refractivity contribution in [3.63, 3.8) is 0 Å². The molecule has 0 aliphatic carbocycles. The molecule has 0 radical (unpaired) electrons. The third-order valence-electron chi connectivity index (χ3n) is 2.15. The lowest BCUT2D eigenvalue weighted by atomic mass is 10.2. The summed E-state index contributed by atoms with van der Waals surface area (Å²) < 4.78 is 0.550. The van der Waals surface area contributed by atoms with Crippen LogP contribution in [0, 0.1) is 0 Å². The molecule has 0 aromatic rings. The second-order valence-corrected chi connectivity index (χ2v) is 5.58. The minimum atomic E-state index is -1.20. The number of carboxylic acids is 3. The van der Waals surface area contributed by atoms with E-state index in [1.807, 2.05) is 21.1 Å². The maximum absolute atomic E-state index is 10.0. The molecule has 5 N–H and O–H groups in total. The molecule has 0 amide bonds. The Morgan fingerprint density at radius 2 is 1.67 bits per heavy atom. The van der Waals surface area contributed by atoms with E-state index >= 15 is 0 Å². The first-order valence-electron chi connectivity index (χ1n) is 6.23. The predicted octanol–water partition coefficient (Wildman–Crippen LogP) is -2.54. The lowest BCUT2D eigenvalue weighted by Crippen LogP contribution is -2.43. The van der Waals surface area contributed by atoms with Crippen LogP contribution in [0.25, 0.3) is 0 Å². The van der Waals surface area contributed by atoms with Gasteiger partial charge in [-0.15, -0.1) is 0 Å². The molecule has 0 aliphatic heterocycles. The first kappa shape index (κ1) is 21.6. The summed E-state index contributed by atoms with van der Waals surface area (Å²) in [5.41, 5.74) is 5.00. The van der Waals surface area contributed by atoms with E-state index in [0.29, 0.717) is 11.0 Å². The van der Waals surface area contributed by atoms with Crippen LogP contribution in [-0.2, 0) is 14.4 Å². The van der Waals surface area contributed by atoms with Gasteiger partial charge in [-0.3, -0.25) is 9.59 Å². The number of carboxylic acid groups (broad SMARTS) is 3. The number of hydrogen-bond acceptors (Lipinski definition) is 6. The fourth-order valence-corrected chi connectivity index (χ4v) is 1.29. The van der Waals surface area contributed by atoms with E-state index in [0.717, 1.165) is 0 Å². The van der Waals surface area contributed by atoms with Gasteiger partial charge >= 0.3 is 11.9 Å². The highest BCUT2D eigenvalue weighted by Crippen LogP contribution is 1.97. The van der Waals surface area contributed by atoms with Crippen molar-refractivity contribution in [1.82, 2.24) is 0 Å². The maximum Gasteiger partial charge on any atom is 0.320 e. The largest absolute Gasteiger partial charge is 0.550 e. The van der Waals surface area contributed by atoms with Crippen molar-refractivity contribution in [3.05, 3.63) is 0 Å². The number of likely N-dealkylation sites (N-methyl/N-ethyl adjacent to an activating group) is 1. The number of carbonyl (C=O) groups excluding carboxylic acids is 1. The van der Waals surface area contributed by atoms with Gasteiger partial charge in [-0.2, -0.15) is 0 Å². The SMILES string of the molecule is C[N+](C)(C)C[C@H](O)CC(=O)[O-].N[C@@H](CCC(=O)O)C(=O)O. The van der Waals surface area contributed by atoms with Gasteiger partial charge in [0, 0.05) is 18.8 Å². The van der Waals surface area contributed by atoms with Gasteiger partial charge in [-0.05, 0) is 6.42 Å². The van der Waals surface area contributed by atoms with Crippen LogP contribution < -0.4 is 10.8 Å². The zero-order chi connectivity index (χ0) is 17.2. The third kappa shape index (κ3) is 18.3. The second kappa shape index (κ2) is 10.1. The Balaban J connectivity index is 0. The molecule has 0 aromatic carbocycles. The number of hydrogen-bond donors (Lipinski definition) is 4. The summed E-state index contributed by atoms with van der Waals surface area (Å²) >= 11 is 0. The van der Waals surface area contributed by atoms with Crippen molar-refractivity contribution in [2.75, 3.05) is 27.7 Å². The summed E-state index contributed by atoms with van der Waals surface area (Å²) in [5, 5.41) is 35.4. The molecule has 124 valence electrons. The van der Waals surface area contributed by atoms with E-state index in [9.17, 15) is 19.5 Å². The van der Waals surface area contributed by atoms with Crippen LogP contribution in [0.3, 0.4) is 0 Å². The number of aliphatic hydroxyl groups is 1. The average molecular weight is 308 g/mol. The number of quaternary nitrogens is 1. The van der Waals surface area contributed by atoms with Gasteiger partial charge in [-0.25, -0.2) is 0 Å². The standard InChI is InChI=1S/C7H15NO3.C5H9NO4/c1-8(2,3)5-6(9)4-7(10)11;6-3(5(9)10)1-2-4(7)8/h6,9H,4-5H2,1-3H3;3H,1-2,6H2,(H,7,8)(H,9,10)/t6-;3-/m10/s1. The molecule has 2 atom stereocenters. The van der Waals surface area contributed by atoms with Crippen LogP contribution in [0.5, 0.6) is 0 Å². The van der Waals surface area contributed by atoms with Gasteiger partial charge in [0.2, 0.25) is 0 Å². The van der Waals surface area contributed by atoms with Crippen molar-refractivity contribution in [1.29, 1.82) is 0 Å². The van der Waals surface area contributed by atoms with Crippen molar-refractivity contribution < 1.29 is 39.3 Å². The Bertz CT molecular complexity index is 352. The molecule has 9 heteroatoms. The van der Waals surface area contributed by atoms with Crippen LogP contribution in [0.2, 0.25) is 0 Å². The summed E-state index contributed by atoms with van der Waals surface area (Å²) in [5.74, 6) is -3.40. The molecule has 0 saturated heterocycles. The van der Waals surface area contributed by atoms with E-state index in [4.69, 9.17) is 21.1 Å². The molecular formula is C12H24N2O7. The molecule has 0 spiro atoms. The van der Waals surface area contributed by atoms with E-state index in [1.165, 1.54) is 0 Å². The highest BCUT2D eigenvalue weighted by molar-refractivity contribution is 5.74. The van der Waals surface area contributed by atoms with E-state index < -0.39 is 30.1 Å². The second-order valence-electron chi connectivity index (χ2n) is 5.58. The monoisotopic (exact) mass is 308 g/mol. The number of aliphatic hydroxyl groups excluding tert-OH is 1. The molecule has 0 aromatic heterocycles. The summed E-state index contributed by atoms with van der Waals surface area (Å²) in [6.07, 6.45) is -1.31. The zero-order valence-corrected chi connectivity index (χ0v) is 12.5. The molecule has 0 unspecified atom stereocenters. The lowest BCUT2D eigenvalue weighted by Gasteiger charge is -2.26. The number of nitrogens with zero attached hydrogens (tertiary/aromatic N) is 1. The summed E-state index contributed by atoms with van der Waals surface area (Å²) in [6, 6.07) is -1.06. The van der Waals surface area contributed by atoms with Gasteiger partial charge in [0.1, 0.15) is 18.7 Å². The number of nitrogens with two attached hydrogens (primary N) is 1. The quantitative estimate of drug-likeness (QED) is 0.356. The molecule has 0 saturated carbocycles. The Hall–Kier alpha value is -1.71. The summed E-state index contributed by atoms with van der Waals surface area (Å²) in [6.45, 7) is 0.425. The van der Waals surface area contributed by atoms with Gasteiger partial charge in [0.25, 0.3) is 0 Å². The van der Waals surface area contributed by atoms with Crippen molar-refractivity contribution in [2.45, 2.75) is 31.4 Å². The van der Waals surface area contributed by atoms with Gasteiger partial charge in [-0.1, -0.05) is 0 Å². The maximum atomic E-state index is 10.0. The minimum absolute atomic E-state index is 0.0231. The lowest BCUT2D eigenvalue weighted by molar-refractivity contribution is -0.873. The van der Waals surface area contributed by atoms with Crippen molar-refractivity contribution in [3.8, 4) is 0 Å². The number of carbonyl (C=O) groups is 3. The van der Waals surface area contributed by atoms with E-state index in [2.05, 4.69) is 0 Å². The highest BCUT2D eigenvalue weighted by atomic mass is 16.4. The molecule has 0 aliphatic rings. The minimum Gasteiger partial charge on any atom is -0.550 e. The average Bonchev–Trinajstić information content (AvgIpc) is 2.22. The number of rotatable bonds is 8. The van der Waals surface area contributed by atoms with E-state index in [1.54, 1.807) is 0 Å². The Labute approximate surface area is 123 Å². The molecule has 9 nitrogen and oxygen atoms in total. The topological polar surface area (TPSA) is 161 Å². The van der Waals surface area contributed by atoms with Crippen LogP contribution >= 0.6 is 0 Å². The first-order chi connectivity index (χ1) is 9.35. The Morgan fingerprint density at radius 3 is 1.95 bits per heavy atom. The molecule has 21 heavy (non-hydrogen) atoms. The third-order valence-corrected chi connectivity index (χ3v) is 2.15. The fraction of sp³-hybridized carbons (Fsp3) is 0.750. The van der Waals surface area contributed by atoms with Crippen LogP contribution in [0.15, 0.2) is 0 Å². The molecular weight excluding hydrogens is 284 g/mol. The Kier molecular flexibility index (Phi) is 10.4. The first-order valence-corrected chi connectivity index (χ1v) is 6.23. The molecule has 0 heterocycles. The smallest absolute Gasteiger partial charge is 0.320 e. The van der Waals surface area contributed by atoms with E-state index in [-0.39, 0.29) is 19.3 Å². The van der Waals surface area contributed by atoms with Crippen molar-refractivity contribution in [2.24, 2.45) is 5.73 Å².